The van der Waals surface area contributed by atoms with Crippen LogP contribution in [0.1, 0.15) is 40.4 Å². The van der Waals surface area contributed by atoms with Crippen molar-refractivity contribution in [3.05, 3.63) is 102 Å². The van der Waals surface area contributed by atoms with E-state index in [1.54, 1.807) is 24.3 Å². The minimum atomic E-state index is -0.780. The van der Waals surface area contributed by atoms with Crippen LogP contribution in [0.5, 0.6) is 0 Å². The number of hydrogen-bond donors (Lipinski definition) is 3. The summed E-state index contributed by atoms with van der Waals surface area (Å²) in [4.78, 5) is 37.8. The van der Waals surface area contributed by atoms with E-state index in [1.165, 1.54) is 0 Å². The van der Waals surface area contributed by atoms with Gasteiger partial charge in [0, 0.05) is 6.42 Å². The summed E-state index contributed by atoms with van der Waals surface area (Å²) in [6.45, 7) is 0. The third-order valence-corrected chi connectivity index (χ3v) is 5.28. The van der Waals surface area contributed by atoms with Gasteiger partial charge in [-0.2, -0.15) is 0 Å². The monoisotopic (exact) mass is 413 g/mol. The van der Waals surface area contributed by atoms with Crippen molar-refractivity contribution in [1.29, 1.82) is 0 Å². The topological polar surface area (TPSA) is 87.3 Å². The van der Waals surface area contributed by atoms with Gasteiger partial charge < -0.3 is 16.0 Å². The van der Waals surface area contributed by atoms with E-state index in [4.69, 9.17) is 0 Å². The smallest absolute Gasteiger partial charge is 0.254 e. The molecule has 1 atom stereocenters. The Labute approximate surface area is 180 Å². The second-order valence-electron chi connectivity index (χ2n) is 7.42. The molecule has 0 fully saturated rings. The van der Waals surface area contributed by atoms with Crippen molar-refractivity contribution in [3.8, 4) is 0 Å². The number of benzene rings is 3. The highest BCUT2D eigenvalue weighted by atomic mass is 16.2. The second-order valence-corrected chi connectivity index (χ2v) is 7.42. The number of amides is 3. The summed E-state index contributed by atoms with van der Waals surface area (Å²) in [5.41, 5.74) is 2.83. The molecule has 6 heteroatoms. The molecular weight excluding hydrogens is 390 g/mol. The summed E-state index contributed by atoms with van der Waals surface area (Å²) in [5.74, 6) is -0.846. The van der Waals surface area contributed by atoms with Gasteiger partial charge in [0.2, 0.25) is 11.8 Å². The lowest BCUT2D eigenvalue weighted by atomic mass is 9.98. The van der Waals surface area contributed by atoms with Gasteiger partial charge in [-0.05, 0) is 29.7 Å². The van der Waals surface area contributed by atoms with Gasteiger partial charge in [-0.1, -0.05) is 72.8 Å². The molecule has 156 valence electrons. The Hall–Kier alpha value is -3.93. The summed E-state index contributed by atoms with van der Waals surface area (Å²) < 4.78 is 0. The molecule has 4 rings (SSSR count). The van der Waals surface area contributed by atoms with Gasteiger partial charge in [0.1, 0.15) is 6.04 Å². The maximum atomic E-state index is 12.8. The highest BCUT2D eigenvalue weighted by Crippen LogP contribution is 2.23. The molecule has 1 aliphatic rings. The first-order valence-corrected chi connectivity index (χ1v) is 10.2. The van der Waals surface area contributed by atoms with E-state index in [9.17, 15) is 14.4 Å². The summed E-state index contributed by atoms with van der Waals surface area (Å²) in [7, 11) is 0. The van der Waals surface area contributed by atoms with Gasteiger partial charge in [0.25, 0.3) is 5.91 Å². The predicted octanol–water partition coefficient (Wildman–Crippen LogP) is 3.42. The molecule has 0 aromatic heterocycles. The van der Waals surface area contributed by atoms with Crippen molar-refractivity contribution in [2.24, 2.45) is 0 Å². The van der Waals surface area contributed by atoms with Crippen molar-refractivity contribution >= 4 is 23.4 Å². The van der Waals surface area contributed by atoms with Crippen LogP contribution in [0.15, 0.2) is 84.9 Å². The van der Waals surface area contributed by atoms with Crippen LogP contribution in [0.4, 0.5) is 5.69 Å². The van der Waals surface area contributed by atoms with Crippen molar-refractivity contribution in [2.45, 2.75) is 24.9 Å². The second kappa shape index (κ2) is 9.26. The van der Waals surface area contributed by atoms with E-state index in [2.05, 4.69) is 16.0 Å². The molecule has 0 spiro atoms. The van der Waals surface area contributed by atoms with Crippen LogP contribution in [0.3, 0.4) is 0 Å². The highest BCUT2D eigenvalue weighted by molar-refractivity contribution is 6.09. The molecule has 6 nitrogen and oxygen atoms in total. The van der Waals surface area contributed by atoms with Crippen molar-refractivity contribution in [1.82, 2.24) is 10.6 Å². The lowest BCUT2D eigenvalue weighted by Gasteiger charge is -2.21. The normalized spacial score (nSPS) is 15.5. The fourth-order valence-corrected chi connectivity index (χ4v) is 3.67. The summed E-state index contributed by atoms with van der Waals surface area (Å²) >= 11 is 0. The van der Waals surface area contributed by atoms with E-state index in [-0.39, 0.29) is 36.6 Å². The Morgan fingerprint density at radius 1 is 0.839 bits per heavy atom. The van der Waals surface area contributed by atoms with Gasteiger partial charge in [-0.3, -0.25) is 14.4 Å². The molecule has 1 aliphatic heterocycles. The Kier molecular flexibility index (Phi) is 6.08. The number of nitrogens with one attached hydrogen (secondary N) is 3. The van der Waals surface area contributed by atoms with E-state index in [0.29, 0.717) is 11.3 Å². The van der Waals surface area contributed by atoms with E-state index >= 15 is 0 Å². The highest BCUT2D eigenvalue weighted by Gasteiger charge is 2.28. The van der Waals surface area contributed by atoms with Crippen LogP contribution >= 0.6 is 0 Å². The van der Waals surface area contributed by atoms with Crippen LogP contribution in [0.25, 0.3) is 0 Å². The Morgan fingerprint density at radius 2 is 1.42 bits per heavy atom. The zero-order chi connectivity index (χ0) is 21.6. The molecule has 3 amide bonds. The summed E-state index contributed by atoms with van der Waals surface area (Å²) in [6.07, 6.45) is 0.304. The average Bonchev–Trinajstić information content (AvgIpc) is 2.93. The molecule has 1 unspecified atom stereocenters. The maximum Gasteiger partial charge on any atom is 0.254 e. The molecule has 3 aromatic rings. The lowest BCUT2D eigenvalue weighted by molar-refractivity contribution is -0.122. The van der Waals surface area contributed by atoms with E-state index < -0.39 is 6.04 Å². The standard InChI is InChI=1S/C25H23N3O3/c29-22(28-23(17-9-3-1-4-10-17)18-11-5-2-6-12-18)16-15-21-25(31)26-20-14-8-7-13-19(20)24(30)27-21/h1-14,21,23H,15-16H2,(H,26,31)(H,27,30)(H,28,29). The van der Waals surface area contributed by atoms with Gasteiger partial charge in [-0.15, -0.1) is 0 Å². The Balaban J connectivity index is 1.43. The van der Waals surface area contributed by atoms with Gasteiger partial charge in [0.15, 0.2) is 0 Å². The number of rotatable bonds is 6. The molecule has 3 aromatic carbocycles. The molecule has 31 heavy (non-hydrogen) atoms. The minimum Gasteiger partial charge on any atom is -0.345 e. The van der Waals surface area contributed by atoms with Gasteiger partial charge in [0.05, 0.1) is 17.3 Å². The van der Waals surface area contributed by atoms with Crippen molar-refractivity contribution in [2.75, 3.05) is 5.32 Å². The number of para-hydroxylation sites is 1. The van der Waals surface area contributed by atoms with Gasteiger partial charge >= 0.3 is 0 Å². The fraction of sp³-hybridized carbons (Fsp3) is 0.160. The number of fused-ring (bicyclic) bond motifs is 1. The Morgan fingerprint density at radius 3 is 2.06 bits per heavy atom. The molecular formula is C25H23N3O3. The number of hydrogen-bond acceptors (Lipinski definition) is 3. The van der Waals surface area contributed by atoms with E-state index in [1.807, 2.05) is 60.7 Å². The minimum absolute atomic E-state index is 0.102. The van der Waals surface area contributed by atoms with Crippen LogP contribution in [0, 0.1) is 0 Å². The van der Waals surface area contributed by atoms with Crippen LogP contribution < -0.4 is 16.0 Å². The molecule has 0 bridgehead atoms. The SMILES string of the molecule is O=C(CCC1NC(=O)c2ccccc2NC1=O)NC(c1ccccc1)c1ccccc1. The zero-order valence-corrected chi connectivity index (χ0v) is 16.9. The Bertz CT molecular complexity index is 1040. The van der Waals surface area contributed by atoms with Crippen molar-refractivity contribution in [3.63, 3.8) is 0 Å². The average molecular weight is 413 g/mol. The van der Waals surface area contributed by atoms with Gasteiger partial charge in [-0.25, -0.2) is 0 Å². The van der Waals surface area contributed by atoms with Crippen molar-refractivity contribution < 1.29 is 14.4 Å². The number of anilines is 1. The first-order chi connectivity index (χ1) is 15.1. The van der Waals surface area contributed by atoms with Crippen LogP contribution in [0.2, 0.25) is 0 Å². The fourth-order valence-electron chi connectivity index (χ4n) is 3.67. The maximum absolute atomic E-state index is 12.8. The van der Waals surface area contributed by atoms with Crippen LogP contribution in [-0.4, -0.2) is 23.8 Å². The predicted molar refractivity (Wildman–Crippen MR) is 118 cm³/mol. The number of carbonyl (C=O) groups excluding carboxylic acids is 3. The van der Waals surface area contributed by atoms with E-state index in [0.717, 1.165) is 11.1 Å². The molecule has 3 N–H and O–H groups in total. The first-order valence-electron chi connectivity index (χ1n) is 10.2. The lowest BCUT2D eigenvalue weighted by Crippen LogP contribution is -2.42. The van der Waals surface area contributed by atoms with Crippen LogP contribution in [-0.2, 0) is 9.59 Å². The molecule has 0 saturated carbocycles. The number of carbonyl (C=O) groups is 3. The third-order valence-electron chi connectivity index (χ3n) is 5.28. The largest absolute Gasteiger partial charge is 0.345 e. The molecule has 0 saturated heterocycles. The zero-order valence-electron chi connectivity index (χ0n) is 16.9. The summed E-state index contributed by atoms with van der Waals surface area (Å²) in [6, 6.07) is 25.2. The summed E-state index contributed by atoms with van der Waals surface area (Å²) in [5, 5.41) is 8.56. The quantitative estimate of drug-likeness (QED) is 0.579. The molecule has 0 radical (unpaired) electrons. The third kappa shape index (κ3) is 4.80. The molecule has 0 aliphatic carbocycles. The first kappa shape index (κ1) is 20.3. The molecule has 1 heterocycles.